The number of hydrogen-bond acceptors (Lipinski definition) is 2. The molecule has 0 aliphatic carbocycles. The van der Waals surface area contributed by atoms with E-state index in [-0.39, 0.29) is 11.9 Å². The largest absolute Gasteiger partial charge is 0.310 e. The summed E-state index contributed by atoms with van der Waals surface area (Å²) in [6.45, 7) is 4.71. The molecule has 0 bridgehead atoms. The highest BCUT2D eigenvalue weighted by molar-refractivity contribution is 5.29. The van der Waals surface area contributed by atoms with Crippen molar-refractivity contribution < 1.29 is 8.78 Å². The van der Waals surface area contributed by atoms with E-state index in [1.54, 1.807) is 12.4 Å². The van der Waals surface area contributed by atoms with Gasteiger partial charge in [0, 0.05) is 18.4 Å². The number of nitrogens with zero attached hydrogens (tertiary/aromatic N) is 1. The van der Waals surface area contributed by atoms with Crippen molar-refractivity contribution in [2.75, 3.05) is 6.54 Å². The highest BCUT2D eigenvalue weighted by Gasteiger charge is 2.16. The van der Waals surface area contributed by atoms with E-state index < -0.39 is 5.82 Å². The first-order valence-electron chi connectivity index (χ1n) is 6.69. The number of benzene rings is 1. The van der Waals surface area contributed by atoms with Crippen LogP contribution in [0.15, 0.2) is 36.7 Å². The molecule has 2 rings (SSSR count). The van der Waals surface area contributed by atoms with Crippen LogP contribution in [-0.2, 0) is 6.42 Å². The lowest BCUT2D eigenvalue weighted by Gasteiger charge is -2.20. The van der Waals surface area contributed by atoms with Crippen LogP contribution < -0.4 is 5.32 Å². The second kappa shape index (κ2) is 6.57. The van der Waals surface area contributed by atoms with E-state index in [4.69, 9.17) is 0 Å². The van der Waals surface area contributed by atoms with Gasteiger partial charge in [0.25, 0.3) is 0 Å². The van der Waals surface area contributed by atoms with Crippen LogP contribution in [0.25, 0.3) is 0 Å². The number of rotatable bonds is 5. The molecule has 106 valence electrons. The maximum Gasteiger partial charge on any atom is 0.126 e. The molecule has 1 unspecified atom stereocenters. The van der Waals surface area contributed by atoms with Gasteiger partial charge in [0.2, 0.25) is 0 Å². The molecule has 1 atom stereocenters. The number of aryl methyl sites for hydroxylation is 1. The average Bonchev–Trinajstić information content (AvgIpc) is 2.43. The summed E-state index contributed by atoms with van der Waals surface area (Å²) >= 11 is 0. The number of aromatic nitrogens is 1. The van der Waals surface area contributed by atoms with Crippen molar-refractivity contribution in [2.45, 2.75) is 26.3 Å². The van der Waals surface area contributed by atoms with Crippen LogP contribution >= 0.6 is 0 Å². The van der Waals surface area contributed by atoms with E-state index in [0.29, 0.717) is 12.0 Å². The summed E-state index contributed by atoms with van der Waals surface area (Å²) in [5.41, 5.74) is 2.48. The molecule has 0 saturated heterocycles. The van der Waals surface area contributed by atoms with Crippen molar-refractivity contribution in [1.82, 2.24) is 10.3 Å². The van der Waals surface area contributed by atoms with Gasteiger partial charge in [-0.1, -0.05) is 6.92 Å². The maximum absolute atomic E-state index is 13.8. The van der Waals surface area contributed by atoms with Gasteiger partial charge in [-0.15, -0.1) is 0 Å². The third-order valence-corrected chi connectivity index (χ3v) is 3.32. The molecule has 1 N–H and O–H groups in total. The Kier molecular flexibility index (Phi) is 4.79. The third-order valence-electron chi connectivity index (χ3n) is 3.32. The molecule has 0 amide bonds. The zero-order chi connectivity index (χ0) is 14.5. The highest BCUT2D eigenvalue weighted by Crippen LogP contribution is 2.23. The van der Waals surface area contributed by atoms with Crippen molar-refractivity contribution in [2.24, 2.45) is 0 Å². The van der Waals surface area contributed by atoms with Crippen LogP contribution in [0, 0.1) is 18.6 Å². The molecule has 0 aliphatic heterocycles. The Morgan fingerprint density at radius 1 is 1.25 bits per heavy atom. The van der Waals surface area contributed by atoms with Gasteiger partial charge in [-0.2, -0.15) is 0 Å². The van der Waals surface area contributed by atoms with Crippen molar-refractivity contribution in [3.8, 4) is 0 Å². The second-order valence-corrected chi connectivity index (χ2v) is 4.78. The zero-order valence-electron chi connectivity index (χ0n) is 11.7. The minimum absolute atomic E-state index is 0.0562. The first-order valence-corrected chi connectivity index (χ1v) is 6.69. The Morgan fingerprint density at radius 2 is 2.05 bits per heavy atom. The predicted molar refractivity (Wildman–Crippen MR) is 75.5 cm³/mol. The summed E-state index contributed by atoms with van der Waals surface area (Å²) in [5.74, 6) is -0.788. The van der Waals surface area contributed by atoms with Crippen LogP contribution in [0.1, 0.15) is 29.7 Å². The van der Waals surface area contributed by atoms with Crippen molar-refractivity contribution >= 4 is 0 Å². The minimum Gasteiger partial charge on any atom is -0.310 e. The molecule has 0 fully saturated rings. The topological polar surface area (TPSA) is 24.9 Å². The van der Waals surface area contributed by atoms with E-state index in [1.165, 1.54) is 12.1 Å². The summed E-state index contributed by atoms with van der Waals surface area (Å²) in [6.07, 6.45) is 3.90. The van der Waals surface area contributed by atoms with Gasteiger partial charge in [0.15, 0.2) is 0 Å². The molecule has 0 radical (unpaired) electrons. The monoisotopic (exact) mass is 276 g/mol. The molecule has 20 heavy (non-hydrogen) atoms. The quantitative estimate of drug-likeness (QED) is 0.903. The summed E-state index contributed by atoms with van der Waals surface area (Å²) in [7, 11) is 0. The van der Waals surface area contributed by atoms with E-state index in [2.05, 4.69) is 10.3 Å². The molecular weight excluding hydrogens is 258 g/mol. The summed E-state index contributed by atoms with van der Waals surface area (Å²) in [4.78, 5) is 4.06. The van der Waals surface area contributed by atoms with Gasteiger partial charge in [-0.25, -0.2) is 8.78 Å². The number of nitrogens with one attached hydrogen (secondary N) is 1. The van der Waals surface area contributed by atoms with Crippen molar-refractivity contribution in [3.05, 3.63) is 65.0 Å². The Labute approximate surface area is 117 Å². The summed E-state index contributed by atoms with van der Waals surface area (Å²) < 4.78 is 27.0. The van der Waals surface area contributed by atoms with E-state index >= 15 is 0 Å². The van der Waals surface area contributed by atoms with Crippen LogP contribution in [0.5, 0.6) is 0 Å². The Balaban J connectivity index is 2.30. The molecule has 0 saturated carbocycles. The Bertz CT molecular complexity index is 584. The molecular formula is C16H18F2N2. The lowest BCUT2D eigenvalue weighted by atomic mass is 9.96. The molecule has 4 heteroatoms. The first-order chi connectivity index (χ1) is 9.61. The van der Waals surface area contributed by atoms with Crippen molar-refractivity contribution in [1.29, 1.82) is 0 Å². The molecule has 0 spiro atoms. The SMILES string of the molecule is CCNC(Cc1cc(F)ccc1F)c1ccncc1C. The molecule has 1 aromatic heterocycles. The number of hydrogen-bond donors (Lipinski definition) is 1. The fourth-order valence-corrected chi connectivity index (χ4v) is 2.33. The van der Waals surface area contributed by atoms with Gasteiger partial charge < -0.3 is 5.32 Å². The second-order valence-electron chi connectivity index (χ2n) is 4.78. The van der Waals surface area contributed by atoms with E-state index in [0.717, 1.165) is 23.7 Å². The van der Waals surface area contributed by atoms with Crippen LogP contribution in [-0.4, -0.2) is 11.5 Å². The van der Waals surface area contributed by atoms with Gasteiger partial charge in [-0.05, 0) is 60.8 Å². The van der Waals surface area contributed by atoms with Crippen molar-refractivity contribution in [3.63, 3.8) is 0 Å². The van der Waals surface area contributed by atoms with E-state index in [1.807, 2.05) is 19.9 Å². The fourth-order valence-electron chi connectivity index (χ4n) is 2.33. The average molecular weight is 276 g/mol. The number of likely N-dealkylation sites (N-methyl/N-ethyl adjacent to an activating group) is 1. The normalized spacial score (nSPS) is 12.4. The Morgan fingerprint density at radius 3 is 2.75 bits per heavy atom. The van der Waals surface area contributed by atoms with Gasteiger partial charge >= 0.3 is 0 Å². The molecule has 2 nitrogen and oxygen atoms in total. The van der Waals surface area contributed by atoms with Crippen LogP contribution in [0.3, 0.4) is 0 Å². The molecule has 1 heterocycles. The number of halogens is 2. The van der Waals surface area contributed by atoms with Crippen LogP contribution in [0.4, 0.5) is 8.78 Å². The standard InChI is InChI=1S/C16H18F2N2/c1-3-20-16(14-6-7-19-10-11(14)2)9-12-8-13(17)4-5-15(12)18/h4-8,10,16,20H,3,9H2,1-2H3. The van der Waals surface area contributed by atoms with Gasteiger partial charge in [-0.3, -0.25) is 4.98 Å². The number of pyridine rings is 1. The minimum atomic E-state index is -0.414. The summed E-state index contributed by atoms with van der Waals surface area (Å²) in [6, 6.07) is 5.43. The Hall–Kier alpha value is -1.81. The first kappa shape index (κ1) is 14.6. The van der Waals surface area contributed by atoms with E-state index in [9.17, 15) is 8.78 Å². The molecule has 1 aromatic carbocycles. The third kappa shape index (κ3) is 3.39. The molecule has 0 aliphatic rings. The highest BCUT2D eigenvalue weighted by atomic mass is 19.1. The van der Waals surface area contributed by atoms with Gasteiger partial charge in [0.1, 0.15) is 11.6 Å². The zero-order valence-corrected chi connectivity index (χ0v) is 11.7. The van der Waals surface area contributed by atoms with Crippen LogP contribution in [0.2, 0.25) is 0 Å². The fraction of sp³-hybridized carbons (Fsp3) is 0.312. The lowest BCUT2D eigenvalue weighted by Crippen LogP contribution is -2.24. The summed E-state index contributed by atoms with van der Waals surface area (Å²) in [5, 5.41) is 3.32. The maximum atomic E-state index is 13.8. The van der Waals surface area contributed by atoms with Gasteiger partial charge in [0.05, 0.1) is 0 Å². The predicted octanol–water partition coefficient (Wildman–Crippen LogP) is 3.56. The lowest BCUT2D eigenvalue weighted by molar-refractivity contribution is 0.520. The smallest absolute Gasteiger partial charge is 0.126 e. The molecule has 2 aromatic rings.